The fraction of sp³-hybridized carbons (Fsp3) is 0.533. The number of aliphatic carboxylic acids is 1. The fourth-order valence-electron chi connectivity index (χ4n) is 2.57. The molecule has 0 aromatic heterocycles. The Labute approximate surface area is 114 Å². The van der Waals surface area contributed by atoms with Crippen LogP contribution in [0.3, 0.4) is 0 Å². The van der Waals surface area contributed by atoms with E-state index in [0.717, 1.165) is 18.7 Å². The van der Waals surface area contributed by atoms with Crippen LogP contribution in [0.15, 0.2) is 24.3 Å². The number of nitrogens with one attached hydrogen (secondary N) is 1. The van der Waals surface area contributed by atoms with Gasteiger partial charge in [-0.05, 0) is 37.6 Å². The van der Waals surface area contributed by atoms with E-state index in [1.807, 2.05) is 24.3 Å². The van der Waals surface area contributed by atoms with Gasteiger partial charge in [0.25, 0.3) is 0 Å². The highest BCUT2D eigenvalue weighted by molar-refractivity contribution is 5.70. The van der Waals surface area contributed by atoms with Gasteiger partial charge in [-0.2, -0.15) is 0 Å². The van der Waals surface area contributed by atoms with E-state index in [0.29, 0.717) is 6.04 Å². The molecule has 1 aromatic carbocycles. The molecular formula is C15H22N2O2. The molecule has 19 heavy (non-hydrogen) atoms. The second-order valence-corrected chi connectivity index (χ2v) is 5.29. The van der Waals surface area contributed by atoms with Crippen LogP contribution in [0, 0.1) is 0 Å². The lowest BCUT2D eigenvalue weighted by atomic mass is 10.1. The molecule has 0 amide bonds. The summed E-state index contributed by atoms with van der Waals surface area (Å²) in [5.41, 5.74) is 2.06. The van der Waals surface area contributed by atoms with E-state index >= 15 is 0 Å². The van der Waals surface area contributed by atoms with Gasteiger partial charge in [0.15, 0.2) is 0 Å². The minimum Gasteiger partial charge on any atom is -0.481 e. The Balaban J connectivity index is 1.75. The van der Waals surface area contributed by atoms with Crippen LogP contribution in [0.1, 0.15) is 24.0 Å². The van der Waals surface area contributed by atoms with E-state index in [1.165, 1.54) is 24.9 Å². The standard InChI is InChI=1S/C15H22N2O2/c1-17-8-2-3-14(17)11-16-10-13-6-4-12(5-7-13)9-15(18)19/h4-7,14,16H,2-3,8-11H2,1H3,(H,18,19). The van der Waals surface area contributed by atoms with Crippen molar-refractivity contribution < 1.29 is 9.90 Å². The molecule has 0 aliphatic carbocycles. The number of carboxylic acids is 1. The lowest BCUT2D eigenvalue weighted by Crippen LogP contribution is -2.35. The Morgan fingerprint density at radius 3 is 2.63 bits per heavy atom. The summed E-state index contributed by atoms with van der Waals surface area (Å²) < 4.78 is 0. The second-order valence-electron chi connectivity index (χ2n) is 5.29. The number of rotatable bonds is 6. The van der Waals surface area contributed by atoms with Crippen LogP contribution in [-0.4, -0.2) is 42.2 Å². The number of carbonyl (C=O) groups is 1. The maximum absolute atomic E-state index is 10.6. The van der Waals surface area contributed by atoms with Crippen LogP contribution < -0.4 is 5.32 Å². The third kappa shape index (κ3) is 4.33. The average molecular weight is 262 g/mol. The lowest BCUT2D eigenvalue weighted by Gasteiger charge is -2.19. The summed E-state index contributed by atoms with van der Waals surface area (Å²) >= 11 is 0. The van der Waals surface area contributed by atoms with Crippen molar-refractivity contribution in [2.75, 3.05) is 20.1 Å². The van der Waals surface area contributed by atoms with Crippen molar-refractivity contribution >= 4 is 5.97 Å². The topological polar surface area (TPSA) is 52.6 Å². The van der Waals surface area contributed by atoms with Crippen molar-refractivity contribution in [3.8, 4) is 0 Å². The minimum atomic E-state index is -0.782. The number of carboxylic acid groups (broad SMARTS) is 1. The molecule has 1 atom stereocenters. The van der Waals surface area contributed by atoms with Crippen molar-refractivity contribution in [3.05, 3.63) is 35.4 Å². The maximum atomic E-state index is 10.6. The van der Waals surface area contributed by atoms with Gasteiger partial charge in [-0.1, -0.05) is 24.3 Å². The van der Waals surface area contributed by atoms with Gasteiger partial charge in [0.2, 0.25) is 0 Å². The molecule has 0 saturated carbocycles. The monoisotopic (exact) mass is 262 g/mol. The largest absolute Gasteiger partial charge is 0.481 e. The summed E-state index contributed by atoms with van der Waals surface area (Å²) in [7, 11) is 2.18. The number of benzene rings is 1. The van der Waals surface area contributed by atoms with Gasteiger partial charge in [-0.3, -0.25) is 4.79 Å². The van der Waals surface area contributed by atoms with E-state index in [1.54, 1.807) is 0 Å². The predicted molar refractivity (Wildman–Crippen MR) is 75.1 cm³/mol. The number of hydrogen-bond acceptors (Lipinski definition) is 3. The highest BCUT2D eigenvalue weighted by atomic mass is 16.4. The minimum absolute atomic E-state index is 0.0978. The number of nitrogens with zero attached hydrogens (tertiary/aromatic N) is 1. The van der Waals surface area contributed by atoms with E-state index in [9.17, 15) is 4.79 Å². The van der Waals surface area contributed by atoms with Gasteiger partial charge in [-0.25, -0.2) is 0 Å². The Morgan fingerprint density at radius 2 is 2.05 bits per heavy atom. The van der Waals surface area contributed by atoms with Crippen LogP contribution in [0.5, 0.6) is 0 Å². The molecule has 4 nitrogen and oxygen atoms in total. The van der Waals surface area contributed by atoms with Crippen LogP contribution in [-0.2, 0) is 17.8 Å². The van der Waals surface area contributed by atoms with Gasteiger partial charge >= 0.3 is 5.97 Å². The fourth-order valence-corrected chi connectivity index (χ4v) is 2.57. The maximum Gasteiger partial charge on any atom is 0.307 e. The number of hydrogen-bond donors (Lipinski definition) is 2. The van der Waals surface area contributed by atoms with Gasteiger partial charge in [0, 0.05) is 19.1 Å². The van der Waals surface area contributed by atoms with Crippen LogP contribution >= 0.6 is 0 Å². The number of likely N-dealkylation sites (tertiary alicyclic amines) is 1. The first-order valence-electron chi connectivity index (χ1n) is 6.86. The SMILES string of the molecule is CN1CCCC1CNCc1ccc(CC(=O)O)cc1. The quantitative estimate of drug-likeness (QED) is 0.815. The smallest absolute Gasteiger partial charge is 0.307 e. The molecular weight excluding hydrogens is 240 g/mol. The van der Waals surface area contributed by atoms with Gasteiger partial charge in [0.05, 0.1) is 6.42 Å². The zero-order chi connectivity index (χ0) is 13.7. The van der Waals surface area contributed by atoms with Crippen molar-refractivity contribution in [1.82, 2.24) is 10.2 Å². The molecule has 1 aliphatic rings. The molecule has 0 spiro atoms. The van der Waals surface area contributed by atoms with Crippen molar-refractivity contribution in [2.45, 2.75) is 31.8 Å². The summed E-state index contributed by atoms with van der Waals surface area (Å²) in [4.78, 5) is 13.0. The molecule has 4 heteroatoms. The molecule has 1 aromatic rings. The zero-order valence-electron chi connectivity index (χ0n) is 11.4. The Hall–Kier alpha value is -1.39. The molecule has 104 valence electrons. The van der Waals surface area contributed by atoms with Gasteiger partial charge in [0.1, 0.15) is 0 Å². The van der Waals surface area contributed by atoms with Crippen molar-refractivity contribution in [3.63, 3.8) is 0 Å². The molecule has 1 fully saturated rings. The Kier molecular flexibility index (Phi) is 4.93. The van der Waals surface area contributed by atoms with Gasteiger partial charge < -0.3 is 15.3 Å². The van der Waals surface area contributed by atoms with Crippen molar-refractivity contribution in [2.24, 2.45) is 0 Å². The molecule has 1 aliphatic heterocycles. The summed E-state index contributed by atoms with van der Waals surface area (Å²) in [6.45, 7) is 3.07. The lowest BCUT2D eigenvalue weighted by molar-refractivity contribution is -0.136. The average Bonchev–Trinajstić information content (AvgIpc) is 2.77. The normalized spacial score (nSPS) is 19.7. The predicted octanol–water partition coefficient (Wildman–Crippen LogP) is 1.50. The van der Waals surface area contributed by atoms with Crippen molar-refractivity contribution in [1.29, 1.82) is 0 Å². The van der Waals surface area contributed by atoms with E-state index in [-0.39, 0.29) is 6.42 Å². The molecule has 0 bridgehead atoms. The molecule has 1 unspecified atom stereocenters. The highest BCUT2D eigenvalue weighted by Crippen LogP contribution is 2.13. The summed E-state index contributed by atoms with van der Waals surface area (Å²) in [6.07, 6.45) is 2.67. The Morgan fingerprint density at radius 1 is 1.37 bits per heavy atom. The van der Waals surface area contributed by atoms with E-state index in [2.05, 4.69) is 17.3 Å². The first kappa shape index (κ1) is 14.0. The van der Waals surface area contributed by atoms with Crippen LogP contribution in [0.4, 0.5) is 0 Å². The summed E-state index contributed by atoms with van der Waals surface area (Å²) in [5, 5.41) is 12.2. The van der Waals surface area contributed by atoms with Gasteiger partial charge in [-0.15, -0.1) is 0 Å². The number of likely N-dealkylation sites (N-methyl/N-ethyl adjacent to an activating group) is 1. The first-order chi connectivity index (χ1) is 9.15. The van der Waals surface area contributed by atoms with E-state index in [4.69, 9.17) is 5.11 Å². The highest BCUT2D eigenvalue weighted by Gasteiger charge is 2.19. The van der Waals surface area contributed by atoms with E-state index < -0.39 is 5.97 Å². The summed E-state index contributed by atoms with van der Waals surface area (Å²) in [5.74, 6) is -0.782. The van der Waals surface area contributed by atoms with Crippen LogP contribution in [0.2, 0.25) is 0 Å². The molecule has 1 saturated heterocycles. The third-order valence-electron chi connectivity index (χ3n) is 3.76. The second kappa shape index (κ2) is 6.68. The summed E-state index contributed by atoms with van der Waals surface area (Å²) in [6, 6.07) is 8.46. The first-order valence-corrected chi connectivity index (χ1v) is 6.86. The Bertz CT molecular complexity index is 417. The molecule has 1 heterocycles. The van der Waals surface area contributed by atoms with Crippen LogP contribution in [0.25, 0.3) is 0 Å². The third-order valence-corrected chi connectivity index (χ3v) is 3.76. The zero-order valence-corrected chi connectivity index (χ0v) is 11.4. The molecule has 0 radical (unpaired) electrons. The molecule has 2 N–H and O–H groups in total. The molecule has 2 rings (SSSR count).